The van der Waals surface area contributed by atoms with Crippen LogP contribution >= 0.6 is 0 Å². The van der Waals surface area contributed by atoms with Crippen molar-refractivity contribution in [3.63, 3.8) is 0 Å². The average Bonchev–Trinajstić information content (AvgIpc) is 2.94. The van der Waals surface area contributed by atoms with Gasteiger partial charge in [-0.15, -0.1) is 0 Å². The van der Waals surface area contributed by atoms with Gasteiger partial charge in [0.2, 0.25) is 5.91 Å². The number of hydrogen-bond donors (Lipinski definition) is 2. The van der Waals surface area contributed by atoms with Crippen LogP contribution in [0.3, 0.4) is 0 Å². The Morgan fingerprint density at radius 2 is 1.81 bits per heavy atom. The number of aryl methyl sites for hydroxylation is 2. The number of carbonyl (C=O) groups excluding carboxylic acids is 1. The average molecular weight is 352 g/mol. The number of aromatic nitrogens is 1. The minimum absolute atomic E-state index is 0.00899. The lowest BCUT2D eigenvalue weighted by molar-refractivity contribution is -0.120. The summed E-state index contributed by atoms with van der Waals surface area (Å²) in [7, 11) is 3.20. The molecule has 0 spiro atoms. The lowest BCUT2D eigenvalue weighted by Crippen LogP contribution is -2.24. The Labute approximate surface area is 153 Å². The van der Waals surface area contributed by atoms with Gasteiger partial charge in [-0.05, 0) is 49.2 Å². The van der Waals surface area contributed by atoms with E-state index in [1.165, 1.54) is 5.56 Å². The van der Waals surface area contributed by atoms with Gasteiger partial charge in [0.1, 0.15) is 0 Å². The summed E-state index contributed by atoms with van der Waals surface area (Å²) in [6.07, 6.45) is 0.350. The molecule has 0 atom stereocenters. The van der Waals surface area contributed by atoms with E-state index in [0.717, 1.165) is 27.7 Å². The number of amides is 1. The molecule has 0 bridgehead atoms. The predicted octanol–water partition coefficient (Wildman–Crippen LogP) is 3.66. The molecule has 1 heterocycles. The monoisotopic (exact) mass is 352 g/mol. The molecule has 2 aromatic carbocycles. The minimum Gasteiger partial charge on any atom is -0.493 e. The Kier molecular flexibility index (Phi) is 5.16. The van der Waals surface area contributed by atoms with Crippen LogP contribution in [0.15, 0.2) is 36.4 Å². The van der Waals surface area contributed by atoms with Gasteiger partial charge in [0.25, 0.3) is 0 Å². The summed E-state index contributed by atoms with van der Waals surface area (Å²) in [6.45, 7) is 4.51. The maximum Gasteiger partial charge on any atom is 0.224 e. The van der Waals surface area contributed by atoms with E-state index < -0.39 is 0 Å². The number of benzene rings is 2. The van der Waals surface area contributed by atoms with E-state index in [1.807, 2.05) is 25.1 Å². The summed E-state index contributed by atoms with van der Waals surface area (Å²) in [5.74, 6) is 1.32. The zero-order chi connectivity index (χ0) is 18.7. The first-order valence-electron chi connectivity index (χ1n) is 8.57. The molecule has 0 unspecified atom stereocenters. The second-order valence-corrected chi connectivity index (χ2v) is 6.42. The second-order valence-electron chi connectivity index (χ2n) is 6.42. The summed E-state index contributed by atoms with van der Waals surface area (Å²) < 4.78 is 10.5. The highest BCUT2D eigenvalue weighted by Crippen LogP contribution is 2.27. The van der Waals surface area contributed by atoms with E-state index in [2.05, 4.69) is 35.4 Å². The summed E-state index contributed by atoms with van der Waals surface area (Å²) in [5.41, 5.74) is 5.29. The normalized spacial score (nSPS) is 10.8. The maximum atomic E-state index is 12.5. The SMILES string of the molecule is COc1ccc(CNC(=O)Cc2c(C)[nH]c3ccc(C)cc23)cc1OC. The van der Waals surface area contributed by atoms with Gasteiger partial charge in [0.05, 0.1) is 20.6 Å². The molecule has 0 radical (unpaired) electrons. The van der Waals surface area contributed by atoms with Crippen LogP contribution in [0.25, 0.3) is 10.9 Å². The summed E-state index contributed by atoms with van der Waals surface area (Å²) in [4.78, 5) is 15.8. The van der Waals surface area contributed by atoms with Gasteiger partial charge in [-0.25, -0.2) is 0 Å². The standard InChI is InChI=1S/C21H24N2O3/c1-13-5-7-18-17(9-13)16(14(2)23-18)11-21(24)22-12-15-6-8-19(25-3)20(10-15)26-4/h5-10,23H,11-12H2,1-4H3,(H,22,24). The van der Waals surface area contributed by atoms with Crippen molar-refractivity contribution < 1.29 is 14.3 Å². The van der Waals surface area contributed by atoms with Gasteiger partial charge < -0.3 is 19.8 Å². The number of H-pyrrole nitrogens is 1. The van der Waals surface area contributed by atoms with Gasteiger partial charge in [-0.2, -0.15) is 0 Å². The first-order valence-corrected chi connectivity index (χ1v) is 8.57. The van der Waals surface area contributed by atoms with Crippen LogP contribution in [0, 0.1) is 13.8 Å². The van der Waals surface area contributed by atoms with Crippen LogP contribution in [0.4, 0.5) is 0 Å². The Morgan fingerprint density at radius 1 is 1.04 bits per heavy atom. The number of nitrogens with one attached hydrogen (secondary N) is 2. The fourth-order valence-corrected chi connectivity index (χ4v) is 3.14. The molecule has 1 aromatic heterocycles. The van der Waals surface area contributed by atoms with Crippen molar-refractivity contribution in [1.29, 1.82) is 0 Å². The van der Waals surface area contributed by atoms with Gasteiger partial charge in [0, 0.05) is 23.1 Å². The van der Waals surface area contributed by atoms with E-state index in [1.54, 1.807) is 14.2 Å². The number of methoxy groups -OCH3 is 2. The largest absolute Gasteiger partial charge is 0.493 e. The van der Waals surface area contributed by atoms with Crippen LogP contribution in [0.1, 0.15) is 22.4 Å². The number of hydrogen-bond acceptors (Lipinski definition) is 3. The van der Waals surface area contributed by atoms with Crippen molar-refractivity contribution in [1.82, 2.24) is 10.3 Å². The number of fused-ring (bicyclic) bond motifs is 1. The molecule has 0 aliphatic carbocycles. The molecule has 1 amide bonds. The molecule has 0 aliphatic rings. The van der Waals surface area contributed by atoms with Gasteiger partial charge in [-0.3, -0.25) is 4.79 Å². The zero-order valence-electron chi connectivity index (χ0n) is 15.6. The molecule has 0 aliphatic heterocycles. The van der Waals surface area contributed by atoms with Crippen LogP contribution < -0.4 is 14.8 Å². The third-order valence-electron chi connectivity index (χ3n) is 4.55. The first-order chi connectivity index (χ1) is 12.5. The van der Waals surface area contributed by atoms with E-state index >= 15 is 0 Å². The summed E-state index contributed by atoms with van der Waals surface area (Å²) >= 11 is 0. The Balaban J connectivity index is 1.70. The van der Waals surface area contributed by atoms with Gasteiger partial charge in [0.15, 0.2) is 11.5 Å². The highest BCUT2D eigenvalue weighted by atomic mass is 16.5. The molecule has 5 nitrogen and oxygen atoms in total. The summed E-state index contributed by atoms with van der Waals surface area (Å²) in [5, 5.41) is 4.10. The molecule has 2 N–H and O–H groups in total. The van der Waals surface area contributed by atoms with Crippen molar-refractivity contribution in [3.8, 4) is 11.5 Å². The topological polar surface area (TPSA) is 63.3 Å². The third kappa shape index (κ3) is 3.67. The highest BCUT2D eigenvalue weighted by molar-refractivity contribution is 5.90. The van der Waals surface area contributed by atoms with Crippen LogP contribution in [-0.2, 0) is 17.8 Å². The molecule has 0 saturated heterocycles. The van der Waals surface area contributed by atoms with Crippen LogP contribution in [0.2, 0.25) is 0 Å². The summed E-state index contributed by atoms with van der Waals surface area (Å²) in [6, 6.07) is 11.9. The molecule has 3 aromatic rings. The van der Waals surface area contributed by atoms with Crippen molar-refractivity contribution in [3.05, 3.63) is 58.8 Å². The molecule has 0 saturated carbocycles. The molecule has 3 rings (SSSR count). The third-order valence-corrected chi connectivity index (χ3v) is 4.55. The molecule has 0 fully saturated rings. The number of aromatic amines is 1. The molecular weight excluding hydrogens is 328 g/mol. The van der Waals surface area contributed by atoms with Crippen molar-refractivity contribution in [2.45, 2.75) is 26.8 Å². The lowest BCUT2D eigenvalue weighted by Gasteiger charge is -2.10. The molecular formula is C21H24N2O3. The van der Waals surface area contributed by atoms with E-state index in [-0.39, 0.29) is 5.91 Å². The van der Waals surface area contributed by atoms with Crippen LogP contribution in [-0.4, -0.2) is 25.1 Å². The highest BCUT2D eigenvalue weighted by Gasteiger charge is 2.13. The van der Waals surface area contributed by atoms with E-state index in [9.17, 15) is 4.79 Å². The van der Waals surface area contributed by atoms with Crippen molar-refractivity contribution in [2.75, 3.05) is 14.2 Å². The number of ether oxygens (including phenoxy) is 2. The van der Waals surface area contributed by atoms with Crippen LogP contribution in [0.5, 0.6) is 11.5 Å². The maximum absolute atomic E-state index is 12.5. The van der Waals surface area contributed by atoms with Crippen molar-refractivity contribution in [2.24, 2.45) is 0 Å². The smallest absolute Gasteiger partial charge is 0.224 e. The van der Waals surface area contributed by atoms with Crippen molar-refractivity contribution >= 4 is 16.8 Å². The quantitative estimate of drug-likeness (QED) is 0.712. The first kappa shape index (κ1) is 17.9. The second kappa shape index (κ2) is 7.52. The van der Waals surface area contributed by atoms with Gasteiger partial charge in [-0.1, -0.05) is 17.7 Å². The Morgan fingerprint density at radius 3 is 2.54 bits per heavy atom. The zero-order valence-corrected chi connectivity index (χ0v) is 15.6. The number of carbonyl (C=O) groups is 1. The number of rotatable bonds is 6. The fraction of sp³-hybridized carbons (Fsp3) is 0.286. The van der Waals surface area contributed by atoms with E-state index in [4.69, 9.17) is 9.47 Å². The molecule has 136 valence electrons. The minimum atomic E-state index is -0.00899. The Bertz CT molecular complexity index is 944. The fourth-order valence-electron chi connectivity index (χ4n) is 3.14. The predicted molar refractivity (Wildman–Crippen MR) is 103 cm³/mol. The lowest BCUT2D eigenvalue weighted by atomic mass is 10.1. The molecule has 26 heavy (non-hydrogen) atoms. The Hall–Kier alpha value is -2.95. The molecule has 5 heteroatoms. The van der Waals surface area contributed by atoms with Gasteiger partial charge >= 0.3 is 0 Å². The van der Waals surface area contributed by atoms with E-state index in [0.29, 0.717) is 24.5 Å².